The highest BCUT2D eigenvalue weighted by molar-refractivity contribution is 5.95. The second kappa shape index (κ2) is 6.16. The van der Waals surface area contributed by atoms with Gasteiger partial charge in [0, 0.05) is 37.9 Å². The molecule has 2 aliphatic heterocycles. The molecule has 23 heavy (non-hydrogen) atoms. The van der Waals surface area contributed by atoms with E-state index in [9.17, 15) is 14.7 Å². The minimum atomic E-state index is -0.870. The van der Waals surface area contributed by atoms with E-state index in [1.54, 1.807) is 30.3 Å². The number of nitrogens with zero attached hydrogens (tertiary/aromatic N) is 2. The van der Waals surface area contributed by atoms with Crippen LogP contribution in [0.15, 0.2) is 18.3 Å². The van der Waals surface area contributed by atoms with Gasteiger partial charge in [-0.1, -0.05) is 0 Å². The van der Waals surface area contributed by atoms with Gasteiger partial charge in [-0.3, -0.25) is 9.59 Å². The number of fused-ring (bicyclic) bond motifs is 1. The second-order valence-corrected chi connectivity index (χ2v) is 6.27. The van der Waals surface area contributed by atoms with E-state index in [0.29, 0.717) is 30.8 Å². The molecule has 0 aliphatic carbocycles. The Morgan fingerprint density at radius 3 is 3.09 bits per heavy atom. The molecule has 7 heteroatoms. The van der Waals surface area contributed by atoms with Gasteiger partial charge in [-0.2, -0.15) is 0 Å². The third-order valence-electron chi connectivity index (χ3n) is 4.99. The van der Waals surface area contributed by atoms with Gasteiger partial charge in [-0.15, -0.1) is 0 Å². The summed E-state index contributed by atoms with van der Waals surface area (Å²) in [6.07, 6.45) is 3.69. The first-order valence-corrected chi connectivity index (χ1v) is 7.97. The average Bonchev–Trinajstić information content (AvgIpc) is 2.60. The average molecular weight is 318 g/mol. The van der Waals surface area contributed by atoms with Crippen molar-refractivity contribution in [3.8, 4) is 0 Å². The third kappa shape index (κ3) is 2.76. The number of likely N-dealkylation sites (tertiary alicyclic amines) is 1. The van der Waals surface area contributed by atoms with Crippen molar-refractivity contribution < 1.29 is 14.7 Å². The van der Waals surface area contributed by atoms with Crippen molar-refractivity contribution in [2.24, 2.45) is 5.41 Å². The standard InChI is InChI=1S/C16H22N4O3/c1-17-13-9-11(3-7-19-13)14(21)20-8-4-12-16(10-20,15(22)23)5-2-6-18-12/h3,7,9,12,18H,2,4-6,8,10H2,1H3,(H,17,19)(H,22,23)/t12-,16+/m0/s1. The highest BCUT2D eigenvalue weighted by Crippen LogP contribution is 2.38. The highest BCUT2D eigenvalue weighted by Gasteiger charge is 2.51. The molecule has 3 rings (SSSR count). The minimum Gasteiger partial charge on any atom is -0.481 e. The maximum atomic E-state index is 12.8. The normalized spacial score (nSPS) is 27.2. The molecule has 3 N–H and O–H groups in total. The SMILES string of the molecule is CNc1cc(C(=O)N2CC[C@@H]3NCCC[C@@]3(C(=O)O)C2)ccn1. The summed E-state index contributed by atoms with van der Waals surface area (Å²) >= 11 is 0. The van der Waals surface area contributed by atoms with Gasteiger partial charge in [0.1, 0.15) is 11.2 Å². The number of aromatic nitrogens is 1. The van der Waals surface area contributed by atoms with Crippen LogP contribution in [0.2, 0.25) is 0 Å². The molecule has 0 aromatic carbocycles. The van der Waals surface area contributed by atoms with Crippen LogP contribution < -0.4 is 10.6 Å². The van der Waals surface area contributed by atoms with Gasteiger partial charge in [0.05, 0.1) is 0 Å². The molecule has 2 saturated heterocycles. The lowest BCUT2D eigenvalue weighted by molar-refractivity contribution is -0.156. The summed E-state index contributed by atoms with van der Waals surface area (Å²) in [6.45, 7) is 1.68. The topological polar surface area (TPSA) is 94.6 Å². The predicted octanol–water partition coefficient (Wildman–Crippen LogP) is 0.792. The number of nitrogens with one attached hydrogen (secondary N) is 2. The fourth-order valence-corrected chi connectivity index (χ4v) is 3.70. The zero-order valence-electron chi connectivity index (χ0n) is 13.2. The monoisotopic (exact) mass is 318 g/mol. The lowest BCUT2D eigenvalue weighted by Gasteiger charge is -2.48. The zero-order chi connectivity index (χ0) is 16.4. The predicted molar refractivity (Wildman–Crippen MR) is 85.4 cm³/mol. The molecule has 1 aromatic heterocycles. The van der Waals surface area contributed by atoms with E-state index in [1.165, 1.54) is 0 Å². The summed E-state index contributed by atoms with van der Waals surface area (Å²) in [5.41, 5.74) is -0.336. The van der Waals surface area contributed by atoms with Crippen molar-refractivity contribution >= 4 is 17.7 Å². The Morgan fingerprint density at radius 2 is 2.35 bits per heavy atom. The molecule has 1 amide bonds. The van der Waals surface area contributed by atoms with Crippen molar-refractivity contribution in [1.29, 1.82) is 0 Å². The van der Waals surface area contributed by atoms with E-state index in [0.717, 1.165) is 13.0 Å². The first-order valence-electron chi connectivity index (χ1n) is 7.97. The molecule has 2 atom stereocenters. The van der Waals surface area contributed by atoms with Gasteiger partial charge in [-0.25, -0.2) is 4.98 Å². The highest BCUT2D eigenvalue weighted by atomic mass is 16.4. The molecule has 0 saturated carbocycles. The van der Waals surface area contributed by atoms with Crippen LogP contribution >= 0.6 is 0 Å². The summed E-state index contributed by atoms with van der Waals surface area (Å²) in [7, 11) is 1.75. The molecule has 7 nitrogen and oxygen atoms in total. The fourth-order valence-electron chi connectivity index (χ4n) is 3.70. The van der Waals surface area contributed by atoms with Gasteiger partial charge in [0.15, 0.2) is 0 Å². The Bertz CT molecular complexity index is 621. The largest absolute Gasteiger partial charge is 0.481 e. The van der Waals surface area contributed by atoms with Crippen LogP contribution in [-0.2, 0) is 4.79 Å². The van der Waals surface area contributed by atoms with Crippen LogP contribution in [0.1, 0.15) is 29.6 Å². The number of carboxylic acids is 1. The Balaban J connectivity index is 1.83. The number of piperidine rings is 2. The van der Waals surface area contributed by atoms with E-state index >= 15 is 0 Å². The van der Waals surface area contributed by atoms with E-state index in [4.69, 9.17) is 0 Å². The lowest BCUT2D eigenvalue weighted by atomic mass is 9.70. The number of amides is 1. The van der Waals surface area contributed by atoms with Crippen LogP contribution in [-0.4, -0.2) is 59.6 Å². The maximum Gasteiger partial charge on any atom is 0.313 e. The molecule has 2 fully saturated rings. The van der Waals surface area contributed by atoms with Crippen molar-refractivity contribution in [3.63, 3.8) is 0 Å². The van der Waals surface area contributed by atoms with E-state index < -0.39 is 11.4 Å². The Labute approximate surface area is 135 Å². The third-order valence-corrected chi connectivity index (χ3v) is 4.99. The summed E-state index contributed by atoms with van der Waals surface area (Å²) < 4.78 is 0. The number of rotatable bonds is 3. The number of pyridine rings is 1. The van der Waals surface area contributed by atoms with E-state index in [-0.39, 0.29) is 18.5 Å². The minimum absolute atomic E-state index is 0.0527. The lowest BCUT2D eigenvalue weighted by Crippen LogP contribution is -2.63. The zero-order valence-corrected chi connectivity index (χ0v) is 13.2. The summed E-state index contributed by atoms with van der Waals surface area (Å²) in [6, 6.07) is 3.31. The smallest absolute Gasteiger partial charge is 0.313 e. The van der Waals surface area contributed by atoms with E-state index in [2.05, 4.69) is 15.6 Å². The number of aliphatic carboxylic acids is 1. The van der Waals surface area contributed by atoms with E-state index in [1.807, 2.05) is 0 Å². The molecule has 2 aliphatic rings. The van der Waals surface area contributed by atoms with Crippen molar-refractivity contribution in [2.75, 3.05) is 32.0 Å². The van der Waals surface area contributed by atoms with Crippen LogP contribution in [0.5, 0.6) is 0 Å². The molecule has 0 radical (unpaired) electrons. The second-order valence-electron chi connectivity index (χ2n) is 6.27. The summed E-state index contributed by atoms with van der Waals surface area (Å²) in [4.78, 5) is 30.5. The molecular formula is C16H22N4O3. The molecule has 0 unspecified atom stereocenters. The number of carbonyl (C=O) groups excluding carboxylic acids is 1. The maximum absolute atomic E-state index is 12.8. The molecule has 3 heterocycles. The number of hydrogen-bond donors (Lipinski definition) is 3. The van der Waals surface area contributed by atoms with Gasteiger partial charge in [0.2, 0.25) is 0 Å². The number of carbonyl (C=O) groups is 2. The van der Waals surface area contributed by atoms with Crippen molar-refractivity contribution in [3.05, 3.63) is 23.9 Å². The molecule has 0 bridgehead atoms. The molecular weight excluding hydrogens is 296 g/mol. The first-order chi connectivity index (χ1) is 11.1. The first kappa shape index (κ1) is 15.7. The van der Waals surface area contributed by atoms with Crippen molar-refractivity contribution in [1.82, 2.24) is 15.2 Å². The molecule has 1 aromatic rings. The van der Waals surface area contributed by atoms with Gasteiger partial charge >= 0.3 is 5.97 Å². The van der Waals surface area contributed by atoms with Crippen LogP contribution in [0.4, 0.5) is 5.82 Å². The Kier molecular flexibility index (Phi) is 4.21. The van der Waals surface area contributed by atoms with Gasteiger partial charge in [0.25, 0.3) is 5.91 Å². The summed E-state index contributed by atoms with van der Waals surface area (Å²) in [5, 5.41) is 16.0. The van der Waals surface area contributed by atoms with Crippen LogP contribution in [0.25, 0.3) is 0 Å². The molecule has 124 valence electrons. The van der Waals surface area contributed by atoms with Gasteiger partial charge < -0.3 is 20.6 Å². The quantitative estimate of drug-likeness (QED) is 0.763. The van der Waals surface area contributed by atoms with Crippen LogP contribution in [0, 0.1) is 5.41 Å². The van der Waals surface area contributed by atoms with Crippen LogP contribution in [0.3, 0.4) is 0 Å². The number of anilines is 1. The fraction of sp³-hybridized carbons (Fsp3) is 0.562. The Hall–Kier alpha value is -2.15. The number of hydrogen-bond acceptors (Lipinski definition) is 5. The van der Waals surface area contributed by atoms with Gasteiger partial charge in [-0.05, 0) is 37.9 Å². The number of carboxylic acid groups (broad SMARTS) is 1. The molecule has 0 spiro atoms. The van der Waals surface area contributed by atoms with Crippen molar-refractivity contribution in [2.45, 2.75) is 25.3 Å². The Morgan fingerprint density at radius 1 is 1.52 bits per heavy atom. The summed E-state index contributed by atoms with van der Waals surface area (Å²) in [5.74, 6) is -0.315.